The minimum atomic E-state index is -3.54. The van der Waals surface area contributed by atoms with E-state index in [2.05, 4.69) is 54.3 Å². The Morgan fingerprint density at radius 3 is 2.67 bits per heavy atom. The van der Waals surface area contributed by atoms with E-state index in [1.807, 2.05) is 13.1 Å². The molecule has 1 fully saturated rings. The highest BCUT2D eigenvalue weighted by molar-refractivity contribution is 7.86. The number of likely N-dealkylation sites (tertiary alicyclic amines) is 1. The van der Waals surface area contributed by atoms with Gasteiger partial charge in [-0.3, -0.25) is 9.08 Å². The average Bonchev–Trinajstić information content (AvgIpc) is 2.86. The SMILES string of the molecule is Cc1cccc(CC2C3CCc4ccccc4C3C(OS(C)(=O)=O)N2C)c1. The molecule has 1 aliphatic heterocycles. The minimum absolute atomic E-state index is 0.0875. The molecule has 4 rings (SSSR count). The van der Waals surface area contributed by atoms with E-state index < -0.39 is 16.3 Å². The molecule has 27 heavy (non-hydrogen) atoms. The topological polar surface area (TPSA) is 46.6 Å². The largest absolute Gasteiger partial charge is 0.276 e. The third-order valence-electron chi connectivity index (χ3n) is 6.15. The van der Waals surface area contributed by atoms with Gasteiger partial charge >= 0.3 is 0 Å². The van der Waals surface area contributed by atoms with Crippen molar-refractivity contribution in [3.8, 4) is 0 Å². The highest BCUT2D eigenvalue weighted by atomic mass is 32.2. The third kappa shape index (κ3) is 3.68. The fourth-order valence-electron chi connectivity index (χ4n) is 5.04. The van der Waals surface area contributed by atoms with Gasteiger partial charge in [0.05, 0.1) is 6.26 Å². The monoisotopic (exact) mass is 385 g/mol. The molecule has 0 spiro atoms. The maximum absolute atomic E-state index is 12.0. The first-order valence-corrected chi connectivity index (χ1v) is 11.4. The van der Waals surface area contributed by atoms with E-state index in [0.29, 0.717) is 5.92 Å². The molecule has 2 aliphatic rings. The number of fused-ring (bicyclic) bond motifs is 3. The highest BCUT2D eigenvalue weighted by Gasteiger charge is 2.51. The Labute approximate surface area is 162 Å². The quantitative estimate of drug-likeness (QED) is 0.756. The first-order chi connectivity index (χ1) is 12.8. The van der Waals surface area contributed by atoms with E-state index in [1.54, 1.807) is 0 Å². The fourth-order valence-corrected chi connectivity index (χ4v) is 5.66. The predicted octanol–water partition coefficient (Wildman–Crippen LogP) is 3.50. The Morgan fingerprint density at radius 2 is 1.93 bits per heavy atom. The summed E-state index contributed by atoms with van der Waals surface area (Å²) < 4.78 is 29.6. The van der Waals surface area contributed by atoms with Crippen molar-refractivity contribution >= 4 is 10.1 Å². The van der Waals surface area contributed by atoms with Crippen molar-refractivity contribution in [2.24, 2.45) is 5.92 Å². The lowest BCUT2D eigenvalue weighted by Gasteiger charge is -2.32. The van der Waals surface area contributed by atoms with E-state index in [0.717, 1.165) is 25.5 Å². The van der Waals surface area contributed by atoms with Crippen molar-refractivity contribution in [3.05, 3.63) is 70.8 Å². The zero-order chi connectivity index (χ0) is 19.2. The molecule has 0 radical (unpaired) electrons. The van der Waals surface area contributed by atoms with Gasteiger partial charge in [0.15, 0.2) is 0 Å². The van der Waals surface area contributed by atoms with E-state index in [4.69, 9.17) is 4.18 Å². The van der Waals surface area contributed by atoms with E-state index >= 15 is 0 Å². The van der Waals surface area contributed by atoms with Crippen LogP contribution in [0.4, 0.5) is 0 Å². The van der Waals surface area contributed by atoms with Crippen LogP contribution in [-0.2, 0) is 27.1 Å². The second-order valence-electron chi connectivity index (χ2n) is 8.04. The number of rotatable bonds is 4. The van der Waals surface area contributed by atoms with Crippen LogP contribution in [0.5, 0.6) is 0 Å². The summed E-state index contributed by atoms with van der Waals surface area (Å²) in [7, 11) is -1.53. The molecule has 1 heterocycles. The Hall–Kier alpha value is -1.69. The Kier molecular flexibility index (Phi) is 4.87. The van der Waals surface area contributed by atoms with Crippen molar-refractivity contribution in [1.82, 2.24) is 4.90 Å². The van der Waals surface area contributed by atoms with Crippen molar-refractivity contribution in [2.45, 2.75) is 44.4 Å². The normalized spacial score (nSPS) is 28.0. The second kappa shape index (κ2) is 7.04. The van der Waals surface area contributed by atoms with Crippen LogP contribution in [0.25, 0.3) is 0 Å². The number of benzene rings is 2. The van der Waals surface area contributed by atoms with Crippen LogP contribution in [-0.4, -0.2) is 38.9 Å². The van der Waals surface area contributed by atoms with Gasteiger partial charge in [-0.1, -0.05) is 54.1 Å². The van der Waals surface area contributed by atoms with Gasteiger partial charge in [-0.15, -0.1) is 0 Å². The molecule has 5 heteroatoms. The van der Waals surface area contributed by atoms with Crippen LogP contribution in [0, 0.1) is 12.8 Å². The van der Waals surface area contributed by atoms with Gasteiger partial charge in [-0.25, -0.2) is 0 Å². The predicted molar refractivity (Wildman–Crippen MR) is 107 cm³/mol. The van der Waals surface area contributed by atoms with Crippen LogP contribution < -0.4 is 0 Å². The second-order valence-corrected chi connectivity index (χ2v) is 9.64. The summed E-state index contributed by atoms with van der Waals surface area (Å²) in [6.07, 6.45) is 3.72. The number of likely N-dealkylation sites (N-methyl/N-ethyl adjacent to an activating group) is 1. The average molecular weight is 386 g/mol. The first kappa shape index (κ1) is 18.7. The zero-order valence-corrected chi connectivity index (χ0v) is 16.9. The van der Waals surface area contributed by atoms with Gasteiger partial charge in [-0.2, -0.15) is 8.42 Å². The van der Waals surface area contributed by atoms with Crippen LogP contribution in [0.2, 0.25) is 0 Å². The zero-order valence-electron chi connectivity index (χ0n) is 16.1. The molecule has 0 amide bonds. The summed E-state index contributed by atoms with van der Waals surface area (Å²) in [5, 5.41) is 0. The van der Waals surface area contributed by atoms with Gasteiger partial charge in [0, 0.05) is 12.0 Å². The van der Waals surface area contributed by atoms with Crippen molar-refractivity contribution in [2.75, 3.05) is 13.3 Å². The number of hydrogen-bond acceptors (Lipinski definition) is 4. The molecule has 0 N–H and O–H groups in total. The van der Waals surface area contributed by atoms with Gasteiger partial charge in [-0.05, 0) is 55.8 Å². The molecule has 4 unspecified atom stereocenters. The lowest BCUT2D eigenvalue weighted by Crippen LogP contribution is -2.38. The first-order valence-electron chi connectivity index (χ1n) is 9.57. The lowest BCUT2D eigenvalue weighted by atomic mass is 9.73. The Morgan fingerprint density at radius 1 is 1.15 bits per heavy atom. The fraction of sp³-hybridized carbons (Fsp3) is 0.455. The van der Waals surface area contributed by atoms with E-state index in [1.165, 1.54) is 22.3 Å². The molecule has 2 aromatic carbocycles. The van der Waals surface area contributed by atoms with Gasteiger partial charge in [0.2, 0.25) is 0 Å². The number of aryl methyl sites for hydroxylation is 2. The number of hydrogen-bond donors (Lipinski definition) is 0. The molecule has 144 valence electrons. The molecular weight excluding hydrogens is 358 g/mol. The molecule has 0 bridgehead atoms. The van der Waals surface area contributed by atoms with Crippen molar-refractivity contribution in [3.63, 3.8) is 0 Å². The van der Waals surface area contributed by atoms with Crippen LogP contribution >= 0.6 is 0 Å². The summed E-state index contributed by atoms with van der Waals surface area (Å²) in [4.78, 5) is 2.15. The lowest BCUT2D eigenvalue weighted by molar-refractivity contribution is 0.0564. The Balaban J connectivity index is 1.72. The minimum Gasteiger partial charge on any atom is -0.276 e. The van der Waals surface area contributed by atoms with Gasteiger partial charge in [0.25, 0.3) is 10.1 Å². The van der Waals surface area contributed by atoms with Crippen molar-refractivity contribution < 1.29 is 12.6 Å². The molecule has 2 aromatic rings. The van der Waals surface area contributed by atoms with E-state index in [9.17, 15) is 8.42 Å². The van der Waals surface area contributed by atoms with Crippen LogP contribution in [0.1, 0.15) is 34.6 Å². The maximum atomic E-state index is 12.0. The highest BCUT2D eigenvalue weighted by Crippen LogP contribution is 2.49. The molecule has 4 atom stereocenters. The maximum Gasteiger partial charge on any atom is 0.265 e. The van der Waals surface area contributed by atoms with Crippen LogP contribution in [0.15, 0.2) is 48.5 Å². The molecule has 4 nitrogen and oxygen atoms in total. The summed E-state index contributed by atoms with van der Waals surface area (Å²) >= 11 is 0. The number of nitrogens with zero attached hydrogens (tertiary/aromatic N) is 1. The molecular formula is C22H27NO3S. The van der Waals surface area contributed by atoms with Gasteiger partial charge in [0.1, 0.15) is 6.23 Å². The summed E-state index contributed by atoms with van der Waals surface area (Å²) in [5.41, 5.74) is 5.12. The van der Waals surface area contributed by atoms with Gasteiger partial charge < -0.3 is 0 Å². The smallest absolute Gasteiger partial charge is 0.265 e. The molecule has 0 aromatic heterocycles. The standard InChI is InChI=1S/C22H27NO3S/c1-15-7-6-8-16(13-15)14-20-19-12-11-17-9-4-5-10-18(17)21(19)22(23(20)2)26-27(3,24)25/h4-10,13,19-22H,11-12,14H2,1-3H3. The summed E-state index contributed by atoms with van der Waals surface area (Å²) in [6, 6.07) is 17.3. The van der Waals surface area contributed by atoms with Crippen molar-refractivity contribution in [1.29, 1.82) is 0 Å². The summed E-state index contributed by atoms with van der Waals surface area (Å²) in [6.45, 7) is 2.11. The summed E-state index contributed by atoms with van der Waals surface area (Å²) in [5.74, 6) is 0.474. The molecule has 1 saturated heterocycles. The van der Waals surface area contributed by atoms with Crippen LogP contribution in [0.3, 0.4) is 0 Å². The third-order valence-corrected chi connectivity index (χ3v) is 6.70. The molecule has 1 aliphatic carbocycles. The Bertz CT molecular complexity index is 940. The molecule has 0 saturated carbocycles. The van der Waals surface area contributed by atoms with E-state index in [-0.39, 0.29) is 12.0 Å².